The summed E-state index contributed by atoms with van der Waals surface area (Å²) in [4.78, 5) is 0. The van der Waals surface area contributed by atoms with E-state index >= 15 is 0 Å². The second kappa shape index (κ2) is 5.00. The molecule has 86 valence electrons. The first-order valence-corrected chi connectivity index (χ1v) is 7.30. The number of rotatable bonds is 3. The SMILES string of the molecule is CCn1ncc(Br)c1C(N)c1csc(Br)c1. The standard InChI is InChI=1S/C10H11Br2N3S/c1-2-15-10(7(11)4-14-15)9(13)6-3-8(12)16-5-6/h3-5,9H,2,13H2,1H3. The highest BCUT2D eigenvalue weighted by Crippen LogP contribution is 2.31. The monoisotopic (exact) mass is 363 g/mol. The smallest absolute Gasteiger partial charge is 0.0743 e. The predicted octanol–water partition coefficient (Wildman–Crippen LogP) is 3.54. The fourth-order valence-corrected chi connectivity index (χ4v) is 3.33. The first kappa shape index (κ1) is 12.3. The summed E-state index contributed by atoms with van der Waals surface area (Å²) in [5, 5.41) is 6.33. The molecule has 0 radical (unpaired) electrons. The number of nitrogens with zero attached hydrogens (tertiary/aromatic N) is 2. The molecule has 0 spiro atoms. The fourth-order valence-electron chi connectivity index (χ4n) is 1.58. The minimum atomic E-state index is -0.139. The van der Waals surface area contributed by atoms with Crippen molar-refractivity contribution in [2.45, 2.75) is 19.5 Å². The second-order valence-corrected chi connectivity index (χ2v) is 6.50. The normalized spacial score (nSPS) is 13.0. The van der Waals surface area contributed by atoms with Crippen LogP contribution < -0.4 is 5.73 Å². The van der Waals surface area contributed by atoms with E-state index in [-0.39, 0.29) is 6.04 Å². The second-order valence-electron chi connectivity index (χ2n) is 3.36. The third-order valence-corrected chi connectivity index (χ3v) is 4.51. The molecular weight excluding hydrogens is 354 g/mol. The van der Waals surface area contributed by atoms with Crippen LogP contribution in [0.15, 0.2) is 25.9 Å². The van der Waals surface area contributed by atoms with Crippen LogP contribution in [-0.4, -0.2) is 9.78 Å². The molecule has 2 N–H and O–H groups in total. The zero-order chi connectivity index (χ0) is 11.7. The first-order valence-electron chi connectivity index (χ1n) is 4.84. The van der Waals surface area contributed by atoms with Gasteiger partial charge in [-0.3, -0.25) is 4.68 Å². The lowest BCUT2D eigenvalue weighted by Gasteiger charge is -2.12. The molecular formula is C10H11Br2N3S. The molecule has 6 heteroatoms. The molecule has 0 amide bonds. The van der Waals surface area contributed by atoms with Crippen molar-refractivity contribution >= 4 is 43.2 Å². The fraction of sp³-hybridized carbons (Fsp3) is 0.300. The molecule has 0 aliphatic carbocycles. The van der Waals surface area contributed by atoms with Gasteiger partial charge in [0.15, 0.2) is 0 Å². The number of aromatic nitrogens is 2. The molecule has 1 unspecified atom stereocenters. The third kappa shape index (κ3) is 2.25. The molecule has 1 atom stereocenters. The van der Waals surface area contributed by atoms with Crippen molar-refractivity contribution in [2.24, 2.45) is 5.73 Å². The minimum absolute atomic E-state index is 0.139. The van der Waals surface area contributed by atoms with Crippen molar-refractivity contribution in [3.63, 3.8) is 0 Å². The van der Waals surface area contributed by atoms with Crippen molar-refractivity contribution < 1.29 is 0 Å². The van der Waals surface area contributed by atoms with Crippen molar-refractivity contribution in [3.05, 3.63) is 37.2 Å². The molecule has 0 bridgehead atoms. The van der Waals surface area contributed by atoms with E-state index in [1.54, 1.807) is 17.5 Å². The molecule has 0 aliphatic heterocycles. The van der Waals surface area contributed by atoms with Gasteiger partial charge in [-0.05, 0) is 55.8 Å². The maximum absolute atomic E-state index is 6.25. The summed E-state index contributed by atoms with van der Waals surface area (Å²) in [6, 6.07) is 1.91. The zero-order valence-electron chi connectivity index (χ0n) is 8.65. The predicted molar refractivity (Wildman–Crippen MR) is 73.7 cm³/mol. The van der Waals surface area contributed by atoms with Crippen molar-refractivity contribution in [3.8, 4) is 0 Å². The van der Waals surface area contributed by atoms with E-state index < -0.39 is 0 Å². The van der Waals surface area contributed by atoms with Crippen LogP contribution in [0.3, 0.4) is 0 Å². The van der Waals surface area contributed by atoms with Gasteiger partial charge in [0.05, 0.1) is 26.2 Å². The number of thiophene rings is 1. The zero-order valence-corrected chi connectivity index (χ0v) is 12.6. The number of aryl methyl sites for hydroxylation is 1. The molecule has 2 aromatic rings. The molecule has 0 fully saturated rings. The number of nitrogens with two attached hydrogens (primary N) is 1. The molecule has 0 aliphatic rings. The van der Waals surface area contributed by atoms with Crippen molar-refractivity contribution in [1.82, 2.24) is 9.78 Å². The highest BCUT2D eigenvalue weighted by Gasteiger charge is 2.18. The van der Waals surface area contributed by atoms with Crippen LogP contribution in [-0.2, 0) is 6.54 Å². The van der Waals surface area contributed by atoms with Crippen LogP contribution in [0.1, 0.15) is 24.2 Å². The Labute approximate surface area is 115 Å². The Morgan fingerprint density at radius 1 is 1.56 bits per heavy atom. The Bertz CT molecular complexity index is 492. The largest absolute Gasteiger partial charge is 0.319 e. The summed E-state index contributed by atoms with van der Waals surface area (Å²) >= 11 is 8.58. The maximum atomic E-state index is 6.25. The molecule has 2 aromatic heterocycles. The summed E-state index contributed by atoms with van der Waals surface area (Å²) in [6.07, 6.45) is 1.79. The van der Waals surface area contributed by atoms with Crippen LogP contribution in [0.25, 0.3) is 0 Å². The van der Waals surface area contributed by atoms with Crippen LogP contribution in [0, 0.1) is 0 Å². The van der Waals surface area contributed by atoms with Gasteiger partial charge < -0.3 is 5.73 Å². The van der Waals surface area contributed by atoms with Crippen LogP contribution in [0.2, 0.25) is 0 Å². The molecule has 2 rings (SSSR count). The topological polar surface area (TPSA) is 43.8 Å². The highest BCUT2D eigenvalue weighted by molar-refractivity contribution is 9.11. The Morgan fingerprint density at radius 3 is 2.88 bits per heavy atom. The van der Waals surface area contributed by atoms with Crippen LogP contribution in [0.4, 0.5) is 0 Å². The Kier molecular flexibility index (Phi) is 3.84. The highest BCUT2D eigenvalue weighted by atomic mass is 79.9. The summed E-state index contributed by atoms with van der Waals surface area (Å²) in [6.45, 7) is 2.87. The quantitative estimate of drug-likeness (QED) is 0.905. The molecule has 0 saturated carbocycles. The Hall–Kier alpha value is -0.170. The average molecular weight is 365 g/mol. The number of hydrogen-bond donors (Lipinski definition) is 1. The molecule has 2 heterocycles. The van der Waals surface area contributed by atoms with E-state index in [9.17, 15) is 0 Å². The van der Waals surface area contributed by atoms with Gasteiger partial charge in [-0.1, -0.05) is 0 Å². The van der Waals surface area contributed by atoms with Crippen molar-refractivity contribution in [1.29, 1.82) is 0 Å². The van der Waals surface area contributed by atoms with Gasteiger partial charge in [0.2, 0.25) is 0 Å². The first-order chi connectivity index (χ1) is 7.63. The van der Waals surface area contributed by atoms with E-state index in [0.29, 0.717) is 0 Å². The van der Waals surface area contributed by atoms with E-state index in [0.717, 1.165) is 26.1 Å². The summed E-state index contributed by atoms with van der Waals surface area (Å²) in [7, 11) is 0. The Morgan fingerprint density at radius 2 is 2.31 bits per heavy atom. The van der Waals surface area contributed by atoms with Gasteiger partial charge in [-0.2, -0.15) is 5.10 Å². The van der Waals surface area contributed by atoms with Gasteiger partial charge >= 0.3 is 0 Å². The van der Waals surface area contributed by atoms with E-state index in [1.807, 2.05) is 4.68 Å². The van der Waals surface area contributed by atoms with Crippen LogP contribution in [0.5, 0.6) is 0 Å². The minimum Gasteiger partial charge on any atom is -0.319 e. The summed E-state index contributed by atoms with van der Waals surface area (Å²) in [5.74, 6) is 0. The maximum Gasteiger partial charge on any atom is 0.0743 e. The Balaban J connectivity index is 2.40. The van der Waals surface area contributed by atoms with E-state index in [4.69, 9.17) is 5.73 Å². The van der Waals surface area contributed by atoms with Gasteiger partial charge in [-0.15, -0.1) is 11.3 Å². The lowest BCUT2D eigenvalue weighted by molar-refractivity contribution is 0.600. The lowest BCUT2D eigenvalue weighted by atomic mass is 10.1. The molecule has 3 nitrogen and oxygen atoms in total. The lowest BCUT2D eigenvalue weighted by Crippen LogP contribution is -2.17. The molecule has 0 aromatic carbocycles. The van der Waals surface area contributed by atoms with E-state index in [2.05, 4.69) is 55.3 Å². The van der Waals surface area contributed by atoms with Crippen molar-refractivity contribution in [2.75, 3.05) is 0 Å². The van der Waals surface area contributed by atoms with Gasteiger partial charge in [0, 0.05) is 6.54 Å². The molecule has 16 heavy (non-hydrogen) atoms. The summed E-state index contributed by atoms with van der Waals surface area (Å²) < 4.78 is 3.97. The van der Waals surface area contributed by atoms with Gasteiger partial charge in [0.1, 0.15) is 0 Å². The number of halogens is 2. The van der Waals surface area contributed by atoms with Gasteiger partial charge in [-0.25, -0.2) is 0 Å². The number of hydrogen-bond acceptors (Lipinski definition) is 3. The van der Waals surface area contributed by atoms with Gasteiger partial charge in [0.25, 0.3) is 0 Å². The van der Waals surface area contributed by atoms with Crippen LogP contribution >= 0.6 is 43.2 Å². The average Bonchev–Trinajstić information content (AvgIpc) is 2.83. The summed E-state index contributed by atoms with van der Waals surface area (Å²) in [5.41, 5.74) is 8.37. The van der Waals surface area contributed by atoms with E-state index in [1.165, 1.54) is 0 Å². The molecule has 0 saturated heterocycles. The third-order valence-electron chi connectivity index (χ3n) is 2.37.